The maximum Gasteiger partial charge on any atom is 0.449 e. The summed E-state index contributed by atoms with van der Waals surface area (Å²) < 4.78 is 36.8. The van der Waals surface area contributed by atoms with Crippen molar-refractivity contribution in [2.45, 2.75) is 24.9 Å². The van der Waals surface area contributed by atoms with E-state index in [1.807, 2.05) is 0 Å². The van der Waals surface area contributed by atoms with Crippen molar-refractivity contribution in [3.05, 3.63) is 17.7 Å². The number of aromatic nitrogens is 2. The average molecular weight is 219 g/mol. The van der Waals surface area contributed by atoms with Gasteiger partial charge in [-0.05, 0) is 19.4 Å². The van der Waals surface area contributed by atoms with Gasteiger partial charge in [0.15, 0.2) is 0 Å². The highest BCUT2D eigenvalue weighted by Crippen LogP contribution is 2.29. The largest absolute Gasteiger partial charge is 0.449 e. The lowest BCUT2D eigenvalue weighted by molar-refractivity contribution is -0.144. The van der Waals surface area contributed by atoms with Crippen molar-refractivity contribution in [3.63, 3.8) is 0 Å². The summed E-state index contributed by atoms with van der Waals surface area (Å²) in [5, 5.41) is 3.15. The van der Waals surface area contributed by atoms with Crippen molar-refractivity contribution in [1.82, 2.24) is 15.3 Å². The first-order valence-electron chi connectivity index (χ1n) is 4.90. The lowest BCUT2D eigenvalue weighted by atomic mass is 9.97. The summed E-state index contributed by atoms with van der Waals surface area (Å²) >= 11 is 0. The van der Waals surface area contributed by atoms with Crippen molar-refractivity contribution in [2.75, 3.05) is 13.1 Å². The molecule has 6 heteroatoms. The van der Waals surface area contributed by atoms with E-state index in [4.69, 9.17) is 0 Å². The number of hydrogen-bond donors (Lipinski definition) is 2. The predicted molar refractivity (Wildman–Crippen MR) is 48.4 cm³/mol. The molecule has 0 radical (unpaired) electrons. The van der Waals surface area contributed by atoms with E-state index in [-0.39, 0.29) is 5.92 Å². The van der Waals surface area contributed by atoms with Crippen molar-refractivity contribution in [1.29, 1.82) is 0 Å². The van der Waals surface area contributed by atoms with Gasteiger partial charge in [-0.1, -0.05) is 0 Å². The fraction of sp³-hybridized carbons (Fsp3) is 0.667. The van der Waals surface area contributed by atoms with Crippen LogP contribution in [0.25, 0.3) is 0 Å². The first-order chi connectivity index (χ1) is 7.07. The van der Waals surface area contributed by atoms with Gasteiger partial charge >= 0.3 is 6.18 Å². The van der Waals surface area contributed by atoms with E-state index >= 15 is 0 Å². The van der Waals surface area contributed by atoms with Crippen LogP contribution in [0.4, 0.5) is 13.2 Å². The molecule has 0 spiro atoms. The molecule has 1 saturated heterocycles. The Bertz CT molecular complexity index is 326. The highest BCUT2D eigenvalue weighted by atomic mass is 19.4. The van der Waals surface area contributed by atoms with Crippen LogP contribution >= 0.6 is 0 Å². The number of rotatable bonds is 1. The minimum Gasteiger partial charge on any atom is -0.338 e. The molecule has 1 aliphatic rings. The molecular formula is C9H12F3N3. The van der Waals surface area contributed by atoms with Crippen LogP contribution in [0, 0.1) is 0 Å². The van der Waals surface area contributed by atoms with Crippen LogP contribution in [0.15, 0.2) is 6.20 Å². The summed E-state index contributed by atoms with van der Waals surface area (Å²) in [5.41, 5.74) is 0.578. The van der Waals surface area contributed by atoms with Gasteiger partial charge in [0.05, 0.1) is 0 Å². The molecule has 0 aliphatic carbocycles. The zero-order valence-corrected chi connectivity index (χ0v) is 8.06. The van der Waals surface area contributed by atoms with Gasteiger partial charge in [0.2, 0.25) is 5.82 Å². The maximum absolute atomic E-state index is 12.3. The van der Waals surface area contributed by atoms with Crippen molar-refractivity contribution >= 4 is 0 Å². The zero-order chi connectivity index (χ0) is 10.9. The maximum atomic E-state index is 12.3. The summed E-state index contributed by atoms with van der Waals surface area (Å²) in [6.07, 6.45) is -1.18. The normalized spacial score (nSPS) is 23.0. The third kappa shape index (κ3) is 2.31. The van der Waals surface area contributed by atoms with E-state index in [9.17, 15) is 13.2 Å². The molecule has 1 fully saturated rings. The molecule has 1 aliphatic heterocycles. The molecule has 2 rings (SSSR count). The second-order valence-corrected chi connectivity index (χ2v) is 3.73. The van der Waals surface area contributed by atoms with Crippen LogP contribution in [-0.4, -0.2) is 23.1 Å². The van der Waals surface area contributed by atoms with E-state index in [0.29, 0.717) is 5.69 Å². The molecule has 1 aromatic rings. The Morgan fingerprint density at radius 1 is 1.40 bits per heavy atom. The Hall–Kier alpha value is -1.04. The second-order valence-electron chi connectivity index (χ2n) is 3.73. The summed E-state index contributed by atoms with van der Waals surface area (Å²) in [5.74, 6) is -0.773. The molecule has 2 heterocycles. The fourth-order valence-corrected chi connectivity index (χ4v) is 1.80. The fourth-order valence-electron chi connectivity index (χ4n) is 1.80. The molecule has 84 valence electrons. The molecular weight excluding hydrogens is 207 g/mol. The second kappa shape index (κ2) is 3.84. The average Bonchev–Trinajstić information content (AvgIpc) is 2.67. The molecule has 0 bridgehead atoms. The van der Waals surface area contributed by atoms with Crippen molar-refractivity contribution < 1.29 is 13.2 Å². The monoisotopic (exact) mass is 219 g/mol. The smallest absolute Gasteiger partial charge is 0.338 e. The highest BCUT2D eigenvalue weighted by molar-refractivity contribution is 5.10. The Morgan fingerprint density at radius 3 is 2.73 bits per heavy atom. The number of nitrogens with zero attached hydrogens (tertiary/aromatic N) is 1. The summed E-state index contributed by atoms with van der Waals surface area (Å²) in [6.45, 7) is 1.66. The van der Waals surface area contributed by atoms with Gasteiger partial charge < -0.3 is 10.3 Å². The standard InChI is InChI=1S/C9H12F3N3/c10-9(11,12)8-14-5-7(15-8)6-2-1-3-13-4-6/h5-6,13H,1-4H2,(H,14,15). The molecule has 1 unspecified atom stereocenters. The number of imidazole rings is 1. The first-order valence-corrected chi connectivity index (χ1v) is 4.90. The number of hydrogen-bond acceptors (Lipinski definition) is 2. The number of halogens is 3. The summed E-state index contributed by atoms with van der Waals surface area (Å²) in [6, 6.07) is 0. The van der Waals surface area contributed by atoms with Gasteiger partial charge in [0.1, 0.15) is 0 Å². The van der Waals surface area contributed by atoms with E-state index in [1.165, 1.54) is 6.20 Å². The zero-order valence-electron chi connectivity index (χ0n) is 8.06. The first kappa shape index (κ1) is 10.5. The van der Waals surface area contributed by atoms with Gasteiger partial charge in [0, 0.05) is 24.4 Å². The Kier molecular flexibility index (Phi) is 2.68. The van der Waals surface area contributed by atoms with Crippen LogP contribution in [0.3, 0.4) is 0 Å². The van der Waals surface area contributed by atoms with Crippen LogP contribution in [-0.2, 0) is 6.18 Å². The minimum absolute atomic E-state index is 0.127. The molecule has 1 atom stereocenters. The molecule has 0 saturated carbocycles. The van der Waals surface area contributed by atoms with Gasteiger partial charge in [0.25, 0.3) is 0 Å². The van der Waals surface area contributed by atoms with Crippen molar-refractivity contribution in [3.8, 4) is 0 Å². The van der Waals surface area contributed by atoms with E-state index in [2.05, 4.69) is 15.3 Å². The topological polar surface area (TPSA) is 40.7 Å². The van der Waals surface area contributed by atoms with Crippen LogP contribution in [0.1, 0.15) is 30.3 Å². The summed E-state index contributed by atoms with van der Waals surface area (Å²) in [7, 11) is 0. The van der Waals surface area contributed by atoms with Crippen molar-refractivity contribution in [2.24, 2.45) is 0 Å². The molecule has 1 aromatic heterocycles. The third-order valence-corrected chi connectivity index (χ3v) is 2.60. The number of alkyl halides is 3. The SMILES string of the molecule is FC(F)(F)c1ncc(C2CCCNC2)[nH]1. The quantitative estimate of drug-likeness (QED) is 0.757. The van der Waals surface area contributed by atoms with Gasteiger partial charge in [-0.15, -0.1) is 0 Å². The van der Waals surface area contributed by atoms with E-state index in [1.54, 1.807) is 0 Å². The van der Waals surface area contributed by atoms with E-state index in [0.717, 1.165) is 25.9 Å². The molecule has 15 heavy (non-hydrogen) atoms. The lowest BCUT2D eigenvalue weighted by Crippen LogP contribution is -2.28. The van der Waals surface area contributed by atoms with Crippen LogP contribution < -0.4 is 5.32 Å². The number of nitrogens with one attached hydrogen (secondary N) is 2. The highest BCUT2D eigenvalue weighted by Gasteiger charge is 2.35. The van der Waals surface area contributed by atoms with Gasteiger partial charge in [-0.3, -0.25) is 0 Å². The lowest BCUT2D eigenvalue weighted by Gasteiger charge is -2.21. The molecule has 0 aromatic carbocycles. The third-order valence-electron chi connectivity index (χ3n) is 2.60. The van der Waals surface area contributed by atoms with E-state index < -0.39 is 12.0 Å². The van der Waals surface area contributed by atoms with Crippen LogP contribution in [0.2, 0.25) is 0 Å². The molecule has 2 N–H and O–H groups in total. The number of piperidine rings is 1. The minimum atomic E-state index is -4.37. The molecule has 3 nitrogen and oxygen atoms in total. The number of H-pyrrole nitrogens is 1. The Labute approximate surface area is 85.1 Å². The van der Waals surface area contributed by atoms with Gasteiger partial charge in [-0.25, -0.2) is 4.98 Å². The van der Waals surface area contributed by atoms with Crippen LogP contribution in [0.5, 0.6) is 0 Å². The Morgan fingerprint density at radius 2 is 2.20 bits per heavy atom. The number of aromatic amines is 1. The Balaban J connectivity index is 2.12. The summed E-state index contributed by atoms with van der Waals surface area (Å²) in [4.78, 5) is 5.70. The predicted octanol–water partition coefficient (Wildman–Crippen LogP) is 1.90. The van der Waals surface area contributed by atoms with Gasteiger partial charge in [-0.2, -0.15) is 13.2 Å². The molecule has 0 amide bonds.